The molecule has 0 fully saturated rings. The van der Waals surface area contributed by atoms with Crippen molar-refractivity contribution in [1.29, 1.82) is 0 Å². The monoisotopic (exact) mass is 351 g/mol. The lowest BCUT2D eigenvalue weighted by atomic mass is 10.1. The Morgan fingerprint density at radius 2 is 2.08 bits per heavy atom. The molecule has 0 N–H and O–H groups in total. The number of benzene rings is 2. The van der Waals surface area contributed by atoms with E-state index in [1.54, 1.807) is 12.0 Å². The standard InChI is InChI=1S/C22H25NO3/c1-4-7-16-10-13-20(21(14-16)25-3)26-15-22(24)23(2)19-12-11-17-8-5-6-9-18(17)19/h4-6,8-10,13-14,19H,1,7,11-12,15H2,2-3H3. The number of ether oxygens (including phenoxy) is 2. The summed E-state index contributed by atoms with van der Waals surface area (Å²) in [6, 6.07) is 14.2. The molecule has 3 rings (SSSR count). The zero-order valence-electron chi connectivity index (χ0n) is 15.4. The van der Waals surface area contributed by atoms with E-state index >= 15 is 0 Å². The van der Waals surface area contributed by atoms with Crippen molar-refractivity contribution in [2.45, 2.75) is 25.3 Å². The number of hydrogen-bond donors (Lipinski definition) is 0. The summed E-state index contributed by atoms with van der Waals surface area (Å²) >= 11 is 0. The fourth-order valence-electron chi connectivity index (χ4n) is 3.48. The number of likely N-dealkylation sites (N-methyl/N-ethyl adjacent to an activating group) is 1. The summed E-state index contributed by atoms with van der Waals surface area (Å²) in [7, 11) is 3.45. The second kappa shape index (κ2) is 8.09. The number of amides is 1. The number of hydrogen-bond acceptors (Lipinski definition) is 3. The first kappa shape index (κ1) is 18.1. The number of aryl methyl sites for hydroxylation is 1. The van der Waals surface area contributed by atoms with Crippen molar-refractivity contribution in [2.75, 3.05) is 20.8 Å². The van der Waals surface area contributed by atoms with E-state index in [4.69, 9.17) is 9.47 Å². The second-order valence-electron chi connectivity index (χ2n) is 6.52. The Bertz CT molecular complexity index is 800. The largest absolute Gasteiger partial charge is 0.493 e. The van der Waals surface area contributed by atoms with Gasteiger partial charge in [-0.15, -0.1) is 6.58 Å². The smallest absolute Gasteiger partial charge is 0.260 e. The number of nitrogens with zero attached hydrogens (tertiary/aromatic N) is 1. The Balaban J connectivity index is 1.65. The normalized spacial score (nSPS) is 15.2. The summed E-state index contributed by atoms with van der Waals surface area (Å²) in [5.74, 6) is 1.17. The zero-order valence-corrected chi connectivity index (χ0v) is 15.4. The van der Waals surface area contributed by atoms with Crippen molar-refractivity contribution in [3.8, 4) is 11.5 Å². The first-order chi connectivity index (χ1) is 12.6. The van der Waals surface area contributed by atoms with Gasteiger partial charge in [-0.3, -0.25) is 4.79 Å². The van der Waals surface area contributed by atoms with Gasteiger partial charge in [-0.25, -0.2) is 0 Å². The van der Waals surface area contributed by atoms with Crippen molar-refractivity contribution >= 4 is 5.91 Å². The van der Waals surface area contributed by atoms with Gasteiger partial charge in [0.05, 0.1) is 13.2 Å². The predicted octanol–water partition coefficient (Wildman–Crippen LogP) is 3.95. The average molecular weight is 351 g/mol. The first-order valence-electron chi connectivity index (χ1n) is 8.88. The summed E-state index contributed by atoms with van der Waals surface area (Å²) in [6.45, 7) is 3.74. The molecule has 2 aromatic rings. The van der Waals surface area contributed by atoms with Crippen LogP contribution < -0.4 is 9.47 Å². The van der Waals surface area contributed by atoms with E-state index in [2.05, 4.69) is 24.8 Å². The molecule has 0 aromatic heterocycles. The Kier molecular flexibility index (Phi) is 5.61. The molecule has 0 heterocycles. The summed E-state index contributed by atoms with van der Waals surface area (Å²) < 4.78 is 11.1. The molecule has 2 aromatic carbocycles. The molecule has 1 amide bonds. The van der Waals surface area contributed by atoms with Crippen LogP contribution in [0.15, 0.2) is 55.1 Å². The van der Waals surface area contributed by atoms with Crippen LogP contribution in [0.3, 0.4) is 0 Å². The van der Waals surface area contributed by atoms with Gasteiger partial charge in [0.1, 0.15) is 0 Å². The molecule has 1 atom stereocenters. The highest BCUT2D eigenvalue weighted by atomic mass is 16.5. The van der Waals surface area contributed by atoms with Crippen LogP contribution in [0.25, 0.3) is 0 Å². The lowest BCUT2D eigenvalue weighted by molar-refractivity contribution is -0.134. The first-order valence-corrected chi connectivity index (χ1v) is 8.88. The Hall–Kier alpha value is -2.75. The topological polar surface area (TPSA) is 38.8 Å². The van der Waals surface area contributed by atoms with Crippen molar-refractivity contribution in [3.63, 3.8) is 0 Å². The number of fused-ring (bicyclic) bond motifs is 1. The minimum atomic E-state index is -0.0380. The maximum Gasteiger partial charge on any atom is 0.260 e. The molecule has 0 radical (unpaired) electrons. The number of carbonyl (C=O) groups excluding carboxylic acids is 1. The summed E-state index contributed by atoms with van der Waals surface area (Å²) in [4.78, 5) is 14.4. The highest BCUT2D eigenvalue weighted by molar-refractivity contribution is 5.78. The van der Waals surface area contributed by atoms with E-state index in [-0.39, 0.29) is 18.6 Å². The lowest BCUT2D eigenvalue weighted by Crippen LogP contribution is -2.34. The molecular weight excluding hydrogens is 326 g/mol. The summed E-state index contributed by atoms with van der Waals surface area (Å²) in [5.41, 5.74) is 3.67. The fourth-order valence-corrected chi connectivity index (χ4v) is 3.48. The molecule has 26 heavy (non-hydrogen) atoms. The maximum atomic E-state index is 12.6. The van der Waals surface area contributed by atoms with Crippen molar-refractivity contribution < 1.29 is 14.3 Å². The molecule has 1 aliphatic carbocycles. The quantitative estimate of drug-likeness (QED) is 0.709. The van der Waals surface area contributed by atoms with E-state index in [9.17, 15) is 4.79 Å². The zero-order chi connectivity index (χ0) is 18.5. The minimum Gasteiger partial charge on any atom is -0.493 e. The van der Waals surface area contributed by atoms with Gasteiger partial charge < -0.3 is 14.4 Å². The van der Waals surface area contributed by atoms with Crippen molar-refractivity contribution in [2.24, 2.45) is 0 Å². The highest BCUT2D eigenvalue weighted by Gasteiger charge is 2.28. The Labute approximate surface area is 155 Å². The van der Waals surface area contributed by atoms with Gasteiger partial charge in [0.15, 0.2) is 18.1 Å². The van der Waals surface area contributed by atoms with Gasteiger partial charge in [-0.1, -0.05) is 36.4 Å². The van der Waals surface area contributed by atoms with Crippen molar-refractivity contribution in [1.82, 2.24) is 4.90 Å². The van der Waals surface area contributed by atoms with Gasteiger partial charge in [0.25, 0.3) is 5.91 Å². The number of allylic oxidation sites excluding steroid dienone is 1. The number of methoxy groups -OCH3 is 1. The molecule has 4 heteroatoms. The molecule has 0 bridgehead atoms. The van der Waals surface area contributed by atoms with Gasteiger partial charge in [0.2, 0.25) is 0 Å². The summed E-state index contributed by atoms with van der Waals surface area (Å²) in [5, 5.41) is 0. The molecule has 0 saturated carbocycles. The van der Waals surface area contributed by atoms with E-state index in [0.29, 0.717) is 11.5 Å². The van der Waals surface area contributed by atoms with E-state index in [0.717, 1.165) is 24.8 Å². The van der Waals surface area contributed by atoms with Crippen LogP contribution >= 0.6 is 0 Å². The van der Waals surface area contributed by atoms with Gasteiger partial charge in [-0.05, 0) is 48.1 Å². The number of rotatable bonds is 7. The molecule has 1 aliphatic rings. The fraction of sp³-hybridized carbons (Fsp3) is 0.318. The Morgan fingerprint density at radius 3 is 2.85 bits per heavy atom. The molecule has 1 unspecified atom stereocenters. The highest BCUT2D eigenvalue weighted by Crippen LogP contribution is 2.35. The molecule has 136 valence electrons. The minimum absolute atomic E-state index is 0.00761. The van der Waals surface area contributed by atoms with Crippen LogP contribution in [-0.4, -0.2) is 31.6 Å². The number of carbonyl (C=O) groups is 1. The van der Waals surface area contributed by atoms with E-state index in [1.807, 2.05) is 37.4 Å². The molecular formula is C22H25NO3. The van der Waals surface area contributed by atoms with Gasteiger partial charge in [0, 0.05) is 7.05 Å². The van der Waals surface area contributed by atoms with Gasteiger partial charge >= 0.3 is 0 Å². The van der Waals surface area contributed by atoms with Crippen LogP contribution in [0.2, 0.25) is 0 Å². The molecule has 0 aliphatic heterocycles. The van der Waals surface area contributed by atoms with Crippen LogP contribution in [0.5, 0.6) is 11.5 Å². The SMILES string of the molecule is C=CCc1ccc(OCC(=O)N(C)C2CCc3ccccc32)c(OC)c1. The van der Waals surface area contributed by atoms with Crippen LogP contribution in [0.4, 0.5) is 0 Å². The van der Waals surface area contributed by atoms with Gasteiger partial charge in [-0.2, -0.15) is 0 Å². The summed E-state index contributed by atoms with van der Waals surface area (Å²) in [6.07, 6.45) is 4.58. The van der Waals surface area contributed by atoms with E-state index < -0.39 is 0 Å². The lowest BCUT2D eigenvalue weighted by Gasteiger charge is -2.25. The molecule has 4 nitrogen and oxygen atoms in total. The molecule has 0 saturated heterocycles. The predicted molar refractivity (Wildman–Crippen MR) is 103 cm³/mol. The third kappa shape index (κ3) is 3.74. The second-order valence-corrected chi connectivity index (χ2v) is 6.52. The van der Waals surface area contributed by atoms with E-state index in [1.165, 1.54) is 11.1 Å². The molecule has 0 spiro atoms. The average Bonchev–Trinajstić information content (AvgIpc) is 3.10. The van der Waals surface area contributed by atoms with Crippen LogP contribution in [0, 0.1) is 0 Å². The third-order valence-electron chi connectivity index (χ3n) is 4.92. The van der Waals surface area contributed by atoms with Crippen LogP contribution in [-0.2, 0) is 17.6 Å². The Morgan fingerprint density at radius 1 is 1.27 bits per heavy atom. The van der Waals surface area contributed by atoms with Crippen LogP contribution in [0.1, 0.15) is 29.2 Å². The van der Waals surface area contributed by atoms with Crippen molar-refractivity contribution in [3.05, 3.63) is 71.8 Å². The maximum absolute atomic E-state index is 12.6. The third-order valence-corrected chi connectivity index (χ3v) is 4.92.